The second-order valence-electron chi connectivity index (χ2n) is 5.68. The van der Waals surface area contributed by atoms with E-state index in [0.29, 0.717) is 6.61 Å². The summed E-state index contributed by atoms with van der Waals surface area (Å²) in [6.45, 7) is 0.636. The molecule has 0 aromatic heterocycles. The summed E-state index contributed by atoms with van der Waals surface area (Å²) in [6, 6.07) is 0.215. The van der Waals surface area contributed by atoms with Crippen LogP contribution in [0.5, 0.6) is 0 Å². The highest BCUT2D eigenvalue weighted by Crippen LogP contribution is 2.32. The van der Waals surface area contributed by atoms with E-state index < -0.39 is 0 Å². The van der Waals surface area contributed by atoms with Crippen LogP contribution in [0.3, 0.4) is 0 Å². The van der Waals surface area contributed by atoms with Gasteiger partial charge in [-0.15, -0.1) is 0 Å². The fourth-order valence-corrected chi connectivity index (χ4v) is 3.25. The van der Waals surface area contributed by atoms with Gasteiger partial charge < -0.3 is 15.8 Å². The molecule has 4 heteroatoms. The Balaban J connectivity index is 1.91. The van der Waals surface area contributed by atoms with E-state index >= 15 is 0 Å². The van der Waals surface area contributed by atoms with Crippen molar-refractivity contribution in [3.63, 3.8) is 0 Å². The summed E-state index contributed by atoms with van der Waals surface area (Å²) in [5.41, 5.74) is 5.76. The molecule has 0 aromatic rings. The summed E-state index contributed by atoms with van der Waals surface area (Å²) >= 11 is 0. The summed E-state index contributed by atoms with van der Waals surface area (Å²) in [6.07, 6.45) is 7.23. The van der Waals surface area contributed by atoms with E-state index in [0.717, 1.165) is 32.1 Å². The highest BCUT2D eigenvalue weighted by Gasteiger charge is 2.38. The first-order chi connectivity index (χ1) is 8.15. The third-order valence-electron chi connectivity index (χ3n) is 4.21. The largest absolute Gasteiger partial charge is 0.382 e. The molecule has 0 aliphatic heterocycles. The van der Waals surface area contributed by atoms with Gasteiger partial charge in [0.15, 0.2) is 0 Å². The number of amides is 1. The van der Waals surface area contributed by atoms with Crippen LogP contribution in [-0.2, 0) is 9.53 Å². The van der Waals surface area contributed by atoms with E-state index in [-0.39, 0.29) is 23.4 Å². The lowest BCUT2D eigenvalue weighted by Gasteiger charge is -2.30. The van der Waals surface area contributed by atoms with Crippen LogP contribution in [0.15, 0.2) is 0 Å². The van der Waals surface area contributed by atoms with Gasteiger partial charge >= 0.3 is 0 Å². The molecule has 3 N–H and O–H groups in total. The Kier molecular flexibility index (Phi) is 4.05. The zero-order chi connectivity index (χ0) is 12.3. The number of carbonyl (C=O) groups excluding carboxylic acids is 1. The highest BCUT2D eigenvalue weighted by atomic mass is 16.5. The van der Waals surface area contributed by atoms with Gasteiger partial charge in [-0.3, -0.25) is 4.79 Å². The molecule has 1 amide bonds. The Morgan fingerprint density at radius 3 is 2.65 bits per heavy atom. The first-order valence-corrected chi connectivity index (χ1v) is 6.72. The lowest BCUT2D eigenvalue weighted by Crippen LogP contribution is -2.51. The Morgan fingerprint density at radius 2 is 2.12 bits per heavy atom. The molecule has 98 valence electrons. The number of carbonyl (C=O) groups is 1. The molecule has 0 unspecified atom stereocenters. The van der Waals surface area contributed by atoms with Crippen LogP contribution in [0.4, 0.5) is 0 Å². The summed E-state index contributed by atoms with van der Waals surface area (Å²) in [5.74, 6) is 0.316. The Hall–Kier alpha value is -0.610. The van der Waals surface area contributed by atoms with Gasteiger partial charge in [-0.25, -0.2) is 0 Å². The maximum absolute atomic E-state index is 12.2. The molecule has 0 radical (unpaired) electrons. The summed E-state index contributed by atoms with van der Waals surface area (Å²) in [7, 11) is 1.71. The molecule has 17 heavy (non-hydrogen) atoms. The fraction of sp³-hybridized carbons (Fsp3) is 0.923. The Morgan fingerprint density at radius 1 is 1.41 bits per heavy atom. The van der Waals surface area contributed by atoms with Gasteiger partial charge in [0, 0.05) is 19.1 Å². The number of ether oxygens (including phenoxy) is 1. The monoisotopic (exact) mass is 240 g/mol. The molecule has 4 nitrogen and oxygen atoms in total. The third-order valence-corrected chi connectivity index (χ3v) is 4.21. The summed E-state index contributed by atoms with van der Waals surface area (Å²) < 4.78 is 5.27. The molecule has 0 spiro atoms. The van der Waals surface area contributed by atoms with Crippen molar-refractivity contribution >= 4 is 5.91 Å². The van der Waals surface area contributed by atoms with Gasteiger partial charge in [-0.1, -0.05) is 12.8 Å². The van der Waals surface area contributed by atoms with Crippen LogP contribution < -0.4 is 11.1 Å². The molecular weight excluding hydrogens is 216 g/mol. The van der Waals surface area contributed by atoms with E-state index in [1.807, 2.05) is 0 Å². The molecule has 2 aliphatic carbocycles. The van der Waals surface area contributed by atoms with Crippen LogP contribution >= 0.6 is 0 Å². The molecule has 0 saturated heterocycles. The minimum atomic E-state index is -0.0987. The van der Waals surface area contributed by atoms with Crippen molar-refractivity contribution in [2.75, 3.05) is 13.7 Å². The number of hydrogen-bond donors (Lipinski definition) is 2. The predicted molar refractivity (Wildman–Crippen MR) is 66.5 cm³/mol. The van der Waals surface area contributed by atoms with Gasteiger partial charge in [-0.2, -0.15) is 0 Å². The van der Waals surface area contributed by atoms with Gasteiger partial charge in [0.05, 0.1) is 12.1 Å². The summed E-state index contributed by atoms with van der Waals surface area (Å²) in [4.78, 5) is 12.2. The first kappa shape index (κ1) is 12.8. The van der Waals surface area contributed by atoms with E-state index in [9.17, 15) is 4.79 Å². The molecule has 0 heterocycles. The van der Waals surface area contributed by atoms with Gasteiger partial charge in [0.25, 0.3) is 0 Å². The van der Waals surface area contributed by atoms with Crippen molar-refractivity contribution < 1.29 is 9.53 Å². The van der Waals surface area contributed by atoms with Crippen LogP contribution in [0.1, 0.15) is 44.9 Å². The Labute approximate surface area is 103 Å². The number of nitrogens with two attached hydrogens (primary N) is 1. The van der Waals surface area contributed by atoms with Gasteiger partial charge in [0.2, 0.25) is 5.91 Å². The Bertz CT molecular complexity index is 275. The SMILES string of the molecule is COCC1(NC(=O)[C@H]2CC[C@@H](N)C2)CCCC1. The van der Waals surface area contributed by atoms with E-state index in [1.165, 1.54) is 12.8 Å². The first-order valence-electron chi connectivity index (χ1n) is 6.72. The zero-order valence-electron chi connectivity index (χ0n) is 10.7. The standard InChI is InChI=1S/C13H24N2O2/c1-17-9-13(6-2-3-7-13)15-12(16)10-4-5-11(14)8-10/h10-11H,2-9,14H2,1H3,(H,15,16)/t10-,11+/m0/s1. The quantitative estimate of drug-likeness (QED) is 0.776. The van der Waals surface area contributed by atoms with Crippen molar-refractivity contribution in [3.8, 4) is 0 Å². The number of hydrogen-bond acceptors (Lipinski definition) is 3. The maximum atomic E-state index is 12.2. The molecule has 2 fully saturated rings. The molecule has 2 rings (SSSR count). The van der Waals surface area contributed by atoms with Crippen LogP contribution in [0.2, 0.25) is 0 Å². The van der Waals surface area contributed by atoms with Crippen LogP contribution in [0.25, 0.3) is 0 Å². The van der Waals surface area contributed by atoms with Crippen molar-refractivity contribution in [2.24, 2.45) is 11.7 Å². The predicted octanol–water partition coefficient (Wildman–Crippen LogP) is 1.19. The third kappa shape index (κ3) is 2.99. The molecule has 0 aromatic carbocycles. The number of rotatable bonds is 4. The molecule has 2 saturated carbocycles. The highest BCUT2D eigenvalue weighted by molar-refractivity contribution is 5.79. The van der Waals surface area contributed by atoms with Crippen molar-refractivity contribution in [2.45, 2.75) is 56.5 Å². The van der Waals surface area contributed by atoms with Gasteiger partial charge in [-0.05, 0) is 32.1 Å². The lowest BCUT2D eigenvalue weighted by atomic mass is 9.96. The second kappa shape index (κ2) is 5.36. The number of methoxy groups -OCH3 is 1. The normalized spacial score (nSPS) is 31.6. The molecular formula is C13H24N2O2. The molecule has 2 aliphatic rings. The lowest BCUT2D eigenvalue weighted by molar-refractivity contribution is -0.127. The minimum absolute atomic E-state index is 0.0987. The van der Waals surface area contributed by atoms with E-state index in [1.54, 1.807) is 7.11 Å². The van der Waals surface area contributed by atoms with E-state index in [4.69, 9.17) is 10.5 Å². The second-order valence-corrected chi connectivity index (χ2v) is 5.68. The average molecular weight is 240 g/mol. The minimum Gasteiger partial charge on any atom is -0.382 e. The molecule has 0 bridgehead atoms. The zero-order valence-corrected chi connectivity index (χ0v) is 10.7. The summed E-state index contributed by atoms with van der Waals surface area (Å²) in [5, 5.41) is 3.24. The van der Waals surface area contributed by atoms with Crippen LogP contribution in [-0.4, -0.2) is 31.2 Å². The van der Waals surface area contributed by atoms with Crippen molar-refractivity contribution in [3.05, 3.63) is 0 Å². The number of nitrogens with one attached hydrogen (secondary N) is 1. The average Bonchev–Trinajstić information content (AvgIpc) is 2.88. The molecule has 2 atom stereocenters. The van der Waals surface area contributed by atoms with Crippen molar-refractivity contribution in [1.82, 2.24) is 5.32 Å². The fourth-order valence-electron chi connectivity index (χ4n) is 3.25. The topological polar surface area (TPSA) is 64.3 Å². The smallest absolute Gasteiger partial charge is 0.223 e. The van der Waals surface area contributed by atoms with Gasteiger partial charge in [0.1, 0.15) is 0 Å². The van der Waals surface area contributed by atoms with E-state index in [2.05, 4.69) is 5.32 Å². The maximum Gasteiger partial charge on any atom is 0.223 e. The van der Waals surface area contributed by atoms with Crippen molar-refractivity contribution in [1.29, 1.82) is 0 Å². The van der Waals surface area contributed by atoms with Crippen LogP contribution in [0, 0.1) is 5.92 Å².